The number of nitrogens with zero attached hydrogens (tertiary/aromatic N) is 2. The number of carbonyl (C=O) groups is 1. The van der Waals surface area contributed by atoms with Crippen LogP contribution in [0.15, 0.2) is 58.6 Å². The van der Waals surface area contributed by atoms with E-state index in [0.717, 1.165) is 35.1 Å². The summed E-state index contributed by atoms with van der Waals surface area (Å²) < 4.78 is 0. The van der Waals surface area contributed by atoms with Crippen LogP contribution in [0.4, 0.5) is 11.4 Å². The molecule has 3 rings (SSSR count). The minimum absolute atomic E-state index is 0.139. The van der Waals surface area contributed by atoms with Crippen molar-refractivity contribution in [2.24, 2.45) is 10.1 Å². The van der Waals surface area contributed by atoms with E-state index in [9.17, 15) is 9.90 Å². The van der Waals surface area contributed by atoms with Crippen molar-refractivity contribution in [1.82, 2.24) is 0 Å². The number of hydrogen-bond donors (Lipinski definition) is 2. The van der Waals surface area contributed by atoms with Crippen molar-refractivity contribution in [2.75, 3.05) is 17.3 Å². The lowest BCUT2D eigenvalue weighted by atomic mass is 10.1. The van der Waals surface area contributed by atoms with Crippen molar-refractivity contribution in [3.63, 3.8) is 0 Å². The van der Waals surface area contributed by atoms with Gasteiger partial charge in [-0.15, -0.1) is 0 Å². The highest BCUT2D eigenvalue weighted by Crippen LogP contribution is 2.24. The van der Waals surface area contributed by atoms with Crippen molar-refractivity contribution in [1.29, 1.82) is 0 Å². The molecule has 27 heavy (non-hydrogen) atoms. The molecule has 0 aromatic heterocycles. The summed E-state index contributed by atoms with van der Waals surface area (Å²) in [4.78, 5) is 15.3. The molecule has 2 N–H and O–H groups in total. The van der Waals surface area contributed by atoms with Gasteiger partial charge in [-0.3, -0.25) is 10.4 Å². The number of thioether (sulfide) groups is 1. The lowest BCUT2D eigenvalue weighted by Crippen LogP contribution is -2.21. The Morgan fingerprint density at radius 3 is 2.37 bits per heavy atom. The third-order valence-corrected chi connectivity index (χ3v) is 5.47. The molecule has 0 unspecified atom stereocenters. The number of hydrazone groups is 1. The number of benzene rings is 2. The van der Waals surface area contributed by atoms with Gasteiger partial charge in [0.2, 0.25) is 0 Å². The SMILES string of the molecule is CC[C@@H]1CN=C(Nc2ccc(/C(C)=N\Nc3ccc(C(=O)[O-])cc3)cc2)S1. The fourth-order valence-electron chi connectivity index (χ4n) is 2.51. The maximum absolute atomic E-state index is 10.8. The molecule has 7 heteroatoms. The Morgan fingerprint density at radius 2 is 1.78 bits per heavy atom. The molecule has 0 saturated heterocycles. The molecule has 0 fully saturated rings. The molecular weight excluding hydrogens is 360 g/mol. The van der Waals surface area contributed by atoms with E-state index in [1.807, 2.05) is 31.2 Å². The fraction of sp³-hybridized carbons (Fsp3) is 0.250. The summed E-state index contributed by atoms with van der Waals surface area (Å²) in [5.41, 5.74) is 6.59. The lowest BCUT2D eigenvalue weighted by Gasteiger charge is -2.09. The molecule has 1 aliphatic heterocycles. The first kappa shape index (κ1) is 19.0. The van der Waals surface area contributed by atoms with Crippen LogP contribution >= 0.6 is 11.8 Å². The number of anilines is 2. The van der Waals surface area contributed by atoms with Crippen LogP contribution in [0.3, 0.4) is 0 Å². The van der Waals surface area contributed by atoms with E-state index in [4.69, 9.17) is 0 Å². The molecular formula is C20H21N4O2S-. The predicted octanol–water partition coefficient (Wildman–Crippen LogP) is 3.18. The van der Waals surface area contributed by atoms with Gasteiger partial charge in [0.05, 0.1) is 23.9 Å². The fourth-order valence-corrected chi connectivity index (χ4v) is 3.47. The summed E-state index contributed by atoms with van der Waals surface area (Å²) in [6, 6.07) is 14.3. The van der Waals surface area contributed by atoms with E-state index in [2.05, 4.69) is 27.8 Å². The Balaban J connectivity index is 1.59. The number of hydrogen-bond acceptors (Lipinski definition) is 7. The van der Waals surface area contributed by atoms with Crippen LogP contribution in [0.25, 0.3) is 0 Å². The first-order chi connectivity index (χ1) is 13.0. The highest BCUT2D eigenvalue weighted by Gasteiger charge is 2.17. The van der Waals surface area contributed by atoms with Crippen molar-refractivity contribution >= 4 is 40.0 Å². The molecule has 0 amide bonds. The summed E-state index contributed by atoms with van der Waals surface area (Å²) in [6.07, 6.45) is 1.12. The molecule has 2 aromatic carbocycles. The van der Waals surface area contributed by atoms with Gasteiger partial charge in [-0.05, 0) is 48.7 Å². The van der Waals surface area contributed by atoms with Gasteiger partial charge in [0.25, 0.3) is 0 Å². The minimum Gasteiger partial charge on any atom is -0.545 e. The molecule has 2 aromatic rings. The van der Waals surface area contributed by atoms with Gasteiger partial charge in [0.1, 0.15) is 0 Å². The van der Waals surface area contributed by atoms with Crippen LogP contribution in [0.1, 0.15) is 36.2 Å². The van der Waals surface area contributed by atoms with Gasteiger partial charge in [0, 0.05) is 10.9 Å². The average molecular weight is 381 g/mol. The number of nitrogens with one attached hydrogen (secondary N) is 2. The predicted molar refractivity (Wildman–Crippen MR) is 111 cm³/mol. The van der Waals surface area contributed by atoms with Crippen LogP contribution in [0.2, 0.25) is 0 Å². The van der Waals surface area contributed by atoms with Crippen LogP contribution < -0.4 is 15.8 Å². The molecule has 140 valence electrons. The second kappa shape index (κ2) is 8.73. The quantitative estimate of drug-likeness (QED) is 0.593. The number of aromatic carboxylic acids is 1. The zero-order valence-electron chi connectivity index (χ0n) is 15.2. The van der Waals surface area contributed by atoms with Gasteiger partial charge in [0.15, 0.2) is 5.17 Å². The maximum Gasteiger partial charge on any atom is 0.161 e. The monoisotopic (exact) mass is 381 g/mol. The van der Waals surface area contributed by atoms with E-state index < -0.39 is 5.97 Å². The minimum atomic E-state index is -1.19. The highest BCUT2D eigenvalue weighted by atomic mass is 32.2. The molecule has 0 radical (unpaired) electrons. The summed E-state index contributed by atoms with van der Waals surface area (Å²) >= 11 is 1.79. The van der Waals surface area contributed by atoms with Crippen LogP contribution in [0, 0.1) is 0 Å². The Bertz CT molecular complexity index is 861. The number of rotatable bonds is 6. The molecule has 0 aliphatic carbocycles. The first-order valence-corrected chi connectivity index (χ1v) is 9.63. The Morgan fingerprint density at radius 1 is 1.15 bits per heavy atom. The van der Waals surface area contributed by atoms with Crippen molar-refractivity contribution in [3.8, 4) is 0 Å². The smallest absolute Gasteiger partial charge is 0.161 e. The van der Waals surface area contributed by atoms with Crippen LogP contribution in [0.5, 0.6) is 0 Å². The third kappa shape index (κ3) is 5.10. The largest absolute Gasteiger partial charge is 0.545 e. The average Bonchev–Trinajstić information content (AvgIpc) is 3.14. The van der Waals surface area contributed by atoms with E-state index in [0.29, 0.717) is 10.9 Å². The van der Waals surface area contributed by atoms with Crippen molar-refractivity contribution in [2.45, 2.75) is 25.5 Å². The summed E-state index contributed by atoms with van der Waals surface area (Å²) in [7, 11) is 0. The summed E-state index contributed by atoms with van der Waals surface area (Å²) in [5.74, 6) is -1.19. The van der Waals surface area contributed by atoms with Gasteiger partial charge in [-0.25, -0.2) is 0 Å². The zero-order valence-corrected chi connectivity index (χ0v) is 16.0. The summed E-state index contributed by atoms with van der Waals surface area (Å²) in [5, 5.41) is 20.0. The standard InChI is InChI=1S/C20H22N4O2S/c1-3-18-12-21-20(27-18)22-16-8-4-14(5-9-16)13(2)23-24-17-10-6-15(7-11-17)19(25)26/h4-11,18,24H,3,12H2,1-2H3,(H,21,22)(H,25,26)/p-1/b23-13-/t18-/m1/s1. The molecule has 1 heterocycles. The Labute approximate surface area is 162 Å². The van der Waals surface area contributed by atoms with E-state index >= 15 is 0 Å². The normalized spacial score (nSPS) is 16.7. The number of carbonyl (C=O) groups excluding carboxylic acids is 1. The molecule has 6 nitrogen and oxygen atoms in total. The molecule has 1 atom stereocenters. The number of carboxylic acids is 1. The number of amidine groups is 1. The van der Waals surface area contributed by atoms with E-state index in [1.54, 1.807) is 23.9 Å². The zero-order chi connectivity index (χ0) is 19.2. The lowest BCUT2D eigenvalue weighted by molar-refractivity contribution is -0.255. The molecule has 0 spiro atoms. The van der Waals surface area contributed by atoms with Gasteiger partial charge >= 0.3 is 0 Å². The first-order valence-electron chi connectivity index (χ1n) is 8.75. The van der Waals surface area contributed by atoms with E-state index in [1.165, 1.54) is 12.1 Å². The topological polar surface area (TPSA) is 88.9 Å². The van der Waals surface area contributed by atoms with Gasteiger partial charge < -0.3 is 15.2 Å². The van der Waals surface area contributed by atoms with Gasteiger partial charge in [-0.2, -0.15) is 5.10 Å². The molecule has 1 aliphatic rings. The van der Waals surface area contributed by atoms with Crippen LogP contribution in [-0.2, 0) is 0 Å². The molecule has 0 saturated carbocycles. The van der Waals surface area contributed by atoms with Crippen LogP contribution in [-0.4, -0.2) is 28.6 Å². The second-order valence-electron chi connectivity index (χ2n) is 6.17. The van der Waals surface area contributed by atoms with Crippen molar-refractivity contribution in [3.05, 3.63) is 59.7 Å². The number of carboxylic acid groups (broad SMARTS) is 1. The van der Waals surface area contributed by atoms with Crippen molar-refractivity contribution < 1.29 is 9.90 Å². The third-order valence-electron chi connectivity index (χ3n) is 4.20. The Kier molecular flexibility index (Phi) is 6.13. The summed E-state index contributed by atoms with van der Waals surface area (Å²) in [6.45, 7) is 4.97. The molecule has 0 bridgehead atoms. The second-order valence-corrected chi connectivity index (χ2v) is 7.46. The van der Waals surface area contributed by atoms with E-state index in [-0.39, 0.29) is 5.56 Å². The maximum atomic E-state index is 10.8. The highest BCUT2D eigenvalue weighted by molar-refractivity contribution is 8.15. The van der Waals surface area contributed by atoms with Gasteiger partial charge in [-0.1, -0.05) is 43.0 Å². The number of aliphatic imine (C=N–C) groups is 1. The Hall–Kier alpha value is -2.80.